The van der Waals surface area contributed by atoms with Crippen LogP contribution in [0.3, 0.4) is 0 Å². The van der Waals surface area contributed by atoms with Gasteiger partial charge >= 0.3 is 0 Å². The van der Waals surface area contributed by atoms with Crippen LogP contribution < -0.4 is 5.73 Å². The van der Waals surface area contributed by atoms with Gasteiger partial charge in [0, 0.05) is 12.4 Å². The van der Waals surface area contributed by atoms with Gasteiger partial charge < -0.3 is 5.73 Å². The zero-order valence-corrected chi connectivity index (χ0v) is 9.33. The SMILES string of the molecule is Cc1ccc2c(CCCN)nn(C)c2c1. The third kappa shape index (κ3) is 1.88. The highest BCUT2D eigenvalue weighted by Crippen LogP contribution is 2.20. The Hall–Kier alpha value is -1.35. The van der Waals surface area contributed by atoms with Crippen molar-refractivity contribution < 1.29 is 0 Å². The molecule has 3 nitrogen and oxygen atoms in total. The summed E-state index contributed by atoms with van der Waals surface area (Å²) in [4.78, 5) is 0. The van der Waals surface area contributed by atoms with Crippen LogP contribution in [0.25, 0.3) is 10.9 Å². The second-order valence-corrected chi connectivity index (χ2v) is 3.98. The van der Waals surface area contributed by atoms with Gasteiger partial charge in [-0.25, -0.2) is 0 Å². The third-order valence-corrected chi connectivity index (χ3v) is 2.70. The van der Waals surface area contributed by atoms with E-state index in [9.17, 15) is 0 Å². The molecule has 1 aromatic carbocycles. The minimum atomic E-state index is 0.726. The maximum absolute atomic E-state index is 5.52. The third-order valence-electron chi connectivity index (χ3n) is 2.70. The van der Waals surface area contributed by atoms with Gasteiger partial charge in [0.05, 0.1) is 11.2 Å². The lowest BCUT2D eigenvalue weighted by Crippen LogP contribution is -2.01. The van der Waals surface area contributed by atoms with Crippen molar-refractivity contribution in [2.45, 2.75) is 19.8 Å². The van der Waals surface area contributed by atoms with E-state index in [1.54, 1.807) is 0 Å². The minimum Gasteiger partial charge on any atom is -0.330 e. The van der Waals surface area contributed by atoms with E-state index in [2.05, 4.69) is 30.2 Å². The number of nitrogens with two attached hydrogens (primary N) is 1. The molecule has 0 saturated heterocycles. The molecule has 2 aromatic rings. The first-order valence-corrected chi connectivity index (χ1v) is 5.34. The number of nitrogens with zero attached hydrogens (tertiary/aromatic N) is 2. The van der Waals surface area contributed by atoms with Crippen molar-refractivity contribution in [1.29, 1.82) is 0 Å². The Kier molecular flexibility index (Phi) is 2.73. The minimum absolute atomic E-state index is 0.726. The molecule has 15 heavy (non-hydrogen) atoms. The van der Waals surface area contributed by atoms with Crippen molar-refractivity contribution in [3.63, 3.8) is 0 Å². The second-order valence-electron chi connectivity index (χ2n) is 3.98. The highest BCUT2D eigenvalue weighted by Gasteiger charge is 2.07. The molecule has 3 heteroatoms. The van der Waals surface area contributed by atoms with Crippen LogP contribution in [-0.2, 0) is 13.5 Å². The van der Waals surface area contributed by atoms with Gasteiger partial charge in [-0.3, -0.25) is 4.68 Å². The molecule has 0 spiro atoms. The van der Waals surface area contributed by atoms with E-state index in [0.717, 1.165) is 25.1 Å². The fraction of sp³-hybridized carbons (Fsp3) is 0.417. The Labute approximate surface area is 89.9 Å². The fourth-order valence-electron chi connectivity index (χ4n) is 1.90. The van der Waals surface area contributed by atoms with Crippen LogP contribution >= 0.6 is 0 Å². The Bertz CT molecular complexity index is 471. The van der Waals surface area contributed by atoms with Crippen LogP contribution in [0.1, 0.15) is 17.7 Å². The summed E-state index contributed by atoms with van der Waals surface area (Å²) < 4.78 is 1.95. The van der Waals surface area contributed by atoms with Gasteiger partial charge in [0.25, 0.3) is 0 Å². The summed E-state index contributed by atoms with van der Waals surface area (Å²) in [7, 11) is 1.99. The van der Waals surface area contributed by atoms with E-state index in [0.29, 0.717) is 0 Å². The molecule has 0 amide bonds. The van der Waals surface area contributed by atoms with Gasteiger partial charge in [-0.05, 0) is 37.9 Å². The summed E-state index contributed by atoms with van der Waals surface area (Å²) in [6.07, 6.45) is 1.97. The van der Waals surface area contributed by atoms with E-state index in [-0.39, 0.29) is 0 Å². The number of rotatable bonds is 3. The molecule has 80 valence electrons. The molecule has 0 bridgehead atoms. The molecule has 0 atom stereocenters. The average Bonchev–Trinajstić information content (AvgIpc) is 2.53. The summed E-state index contributed by atoms with van der Waals surface area (Å²) in [6.45, 7) is 2.83. The van der Waals surface area contributed by atoms with Crippen molar-refractivity contribution >= 4 is 10.9 Å². The Balaban J connectivity index is 2.48. The molecular weight excluding hydrogens is 186 g/mol. The molecule has 0 aliphatic rings. The molecule has 2 rings (SSSR count). The number of fused-ring (bicyclic) bond motifs is 1. The largest absolute Gasteiger partial charge is 0.330 e. The molecule has 2 N–H and O–H groups in total. The molecular formula is C12H17N3. The second kappa shape index (κ2) is 4.03. The van der Waals surface area contributed by atoms with Crippen LogP contribution in [0.2, 0.25) is 0 Å². The van der Waals surface area contributed by atoms with Crippen molar-refractivity contribution in [3.8, 4) is 0 Å². The number of aryl methyl sites for hydroxylation is 3. The highest BCUT2D eigenvalue weighted by molar-refractivity contribution is 5.82. The normalized spacial score (nSPS) is 11.1. The average molecular weight is 203 g/mol. The maximum atomic E-state index is 5.52. The molecule has 0 unspecified atom stereocenters. The highest BCUT2D eigenvalue weighted by atomic mass is 15.3. The number of benzene rings is 1. The summed E-state index contributed by atoms with van der Waals surface area (Å²) in [5.74, 6) is 0. The first-order chi connectivity index (χ1) is 7.22. The number of hydrogen-bond donors (Lipinski definition) is 1. The predicted molar refractivity (Wildman–Crippen MR) is 62.8 cm³/mol. The smallest absolute Gasteiger partial charge is 0.0703 e. The van der Waals surface area contributed by atoms with Crippen LogP contribution in [0.5, 0.6) is 0 Å². The predicted octanol–water partition coefficient (Wildman–Crippen LogP) is 1.77. The van der Waals surface area contributed by atoms with Crippen molar-refractivity contribution in [2.75, 3.05) is 6.54 Å². The first kappa shape index (κ1) is 10.2. The summed E-state index contributed by atoms with van der Waals surface area (Å²) in [6, 6.07) is 6.47. The molecule has 1 aromatic heterocycles. The quantitative estimate of drug-likeness (QED) is 0.826. The molecule has 0 aliphatic carbocycles. The van der Waals surface area contributed by atoms with Gasteiger partial charge in [-0.15, -0.1) is 0 Å². The van der Waals surface area contributed by atoms with Crippen molar-refractivity contribution in [2.24, 2.45) is 12.8 Å². The lowest BCUT2D eigenvalue weighted by Gasteiger charge is -1.96. The van der Waals surface area contributed by atoms with Gasteiger partial charge in [0.15, 0.2) is 0 Å². The van der Waals surface area contributed by atoms with Crippen LogP contribution in [0, 0.1) is 6.92 Å². The molecule has 0 radical (unpaired) electrons. The number of hydrogen-bond acceptors (Lipinski definition) is 2. The van der Waals surface area contributed by atoms with Crippen LogP contribution in [0.4, 0.5) is 0 Å². The van der Waals surface area contributed by atoms with E-state index in [1.165, 1.54) is 16.5 Å². The Morgan fingerprint density at radius 2 is 2.20 bits per heavy atom. The first-order valence-electron chi connectivity index (χ1n) is 5.34. The van der Waals surface area contributed by atoms with E-state index < -0.39 is 0 Å². The Morgan fingerprint density at radius 1 is 1.40 bits per heavy atom. The fourth-order valence-corrected chi connectivity index (χ4v) is 1.90. The van der Waals surface area contributed by atoms with Gasteiger partial charge in [-0.2, -0.15) is 5.10 Å². The summed E-state index contributed by atoms with van der Waals surface area (Å²) in [5, 5.41) is 5.79. The van der Waals surface area contributed by atoms with Gasteiger partial charge in [0.2, 0.25) is 0 Å². The van der Waals surface area contributed by atoms with Crippen molar-refractivity contribution in [3.05, 3.63) is 29.5 Å². The zero-order valence-electron chi connectivity index (χ0n) is 9.33. The lowest BCUT2D eigenvalue weighted by atomic mass is 10.1. The molecule has 0 fully saturated rings. The van der Waals surface area contributed by atoms with Crippen LogP contribution in [0.15, 0.2) is 18.2 Å². The number of aromatic nitrogens is 2. The summed E-state index contributed by atoms with van der Waals surface area (Å²) in [5.41, 5.74) is 9.17. The van der Waals surface area contributed by atoms with E-state index in [1.807, 2.05) is 11.7 Å². The standard InChI is InChI=1S/C12H17N3/c1-9-5-6-10-11(4-3-7-13)14-15(2)12(10)8-9/h5-6,8H,3-4,7,13H2,1-2H3. The van der Waals surface area contributed by atoms with Gasteiger partial charge in [-0.1, -0.05) is 12.1 Å². The van der Waals surface area contributed by atoms with E-state index >= 15 is 0 Å². The lowest BCUT2D eigenvalue weighted by molar-refractivity contribution is 0.739. The summed E-state index contributed by atoms with van der Waals surface area (Å²) >= 11 is 0. The Morgan fingerprint density at radius 3 is 2.93 bits per heavy atom. The van der Waals surface area contributed by atoms with E-state index in [4.69, 9.17) is 5.73 Å². The molecule has 1 heterocycles. The topological polar surface area (TPSA) is 43.8 Å². The zero-order chi connectivity index (χ0) is 10.8. The van der Waals surface area contributed by atoms with Crippen molar-refractivity contribution in [1.82, 2.24) is 9.78 Å². The van der Waals surface area contributed by atoms with Gasteiger partial charge in [0.1, 0.15) is 0 Å². The van der Waals surface area contributed by atoms with Crippen LogP contribution in [-0.4, -0.2) is 16.3 Å². The monoisotopic (exact) mass is 203 g/mol. The maximum Gasteiger partial charge on any atom is 0.0703 e. The molecule has 0 aliphatic heterocycles. The molecule has 0 saturated carbocycles.